The highest BCUT2D eigenvalue weighted by Gasteiger charge is 2.39. The Hall–Kier alpha value is -1.39. The highest BCUT2D eigenvalue weighted by Crippen LogP contribution is 2.35. The lowest BCUT2D eigenvalue weighted by Gasteiger charge is -2.43. The van der Waals surface area contributed by atoms with E-state index in [0.29, 0.717) is 17.7 Å². The molecule has 3 rings (SSSR count). The van der Waals surface area contributed by atoms with E-state index in [0.717, 1.165) is 17.6 Å². The fourth-order valence-electron chi connectivity index (χ4n) is 2.89. The Morgan fingerprint density at radius 1 is 1.24 bits per heavy atom. The number of hydrogen-bond acceptors (Lipinski definition) is 2. The van der Waals surface area contributed by atoms with Gasteiger partial charge in [0.25, 0.3) is 0 Å². The van der Waals surface area contributed by atoms with E-state index < -0.39 is 0 Å². The van der Waals surface area contributed by atoms with Crippen molar-refractivity contribution in [3.05, 3.63) is 63.9 Å². The van der Waals surface area contributed by atoms with Gasteiger partial charge in [-0.1, -0.05) is 40.2 Å². The second-order valence-corrected chi connectivity index (χ2v) is 6.42. The lowest BCUT2D eigenvalue weighted by Crippen LogP contribution is -2.58. The van der Waals surface area contributed by atoms with Crippen LogP contribution in [0.2, 0.25) is 0 Å². The number of methoxy groups -OCH3 is 1. The van der Waals surface area contributed by atoms with Gasteiger partial charge >= 0.3 is 0 Å². The maximum Gasteiger partial charge on any atom is 0.168 e. The van der Waals surface area contributed by atoms with Crippen LogP contribution >= 0.6 is 15.9 Å². The molecule has 1 aliphatic heterocycles. The highest BCUT2D eigenvalue weighted by molar-refractivity contribution is 9.10. The Morgan fingerprint density at radius 2 is 2.00 bits per heavy atom. The summed E-state index contributed by atoms with van der Waals surface area (Å²) in [5, 5.41) is 3.32. The van der Waals surface area contributed by atoms with Gasteiger partial charge in [-0.25, -0.2) is 4.39 Å². The molecule has 0 atom stereocenters. The van der Waals surface area contributed by atoms with Crippen molar-refractivity contribution >= 4 is 15.9 Å². The summed E-state index contributed by atoms with van der Waals surface area (Å²) < 4.78 is 20.5. The van der Waals surface area contributed by atoms with Gasteiger partial charge in [-0.05, 0) is 35.7 Å². The summed E-state index contributed by atoms with van der Waals surface area (Å²) in [6, 6.07) is 13.6. The number of rotatable bonds is 4. The molecule has 2 aromatic carbocycles. The number of benzene rings is 2. The van der Waals surface area contributed by atoms with Crippen molar-refractivity contribution in [1.29, 1.82) is 0 Å². The molecule has 0 spiro atoms. The van der Waals surface area contributed by atoms with Crippen LogP contribution in [0.3, 0.4) is 0 Å². The van der Waals surface area contributed by atoms with E-state index in [2.05, 4.69) is 33.4 Å². The number of ether oxygens (including phenoxy) is 1. The van der Waals surface area contributed by atoms with Crippen molar-refractivity contribution in [2.45, 2.75) is 11.8 Å². The highest BCUT2D eigenvalue weighted by atomic mass is 79.9. The Morgan fingerprint density at radius 3 is 2.62 bits per heavy atom. The van der Waals surface area contributed by atoms with Gasteiger partial charge in [0.1, 0.15) is 0 Å². The Bertz CT molecular complexity index is 655. The lowest BCUT2D eigenvalue weighted by atomic mass is 9.71. The molecule has 1 N–H and O–H groups in total. The van der Waals surface area contributed by atoms with E-state index >= 15 is 0 Å². The second kappa shape index (κ2) is 5.78. The summed E-state index contributed by atoms with van der Waals surface area (Å²) in [5.74, 6) is 0.0606. The van der Waals surface area contributed by atoms with Gasteiger partial charge in [0.2, 0.25) is 0 Å². The first-order chi connectivity index (χ1) is 10.1. The van der Waals surface area contributed by atoms with Crippen molar-refractivity contribution in [1.82, 2.24) is 5.32 Å². The zero-order chi connectivity index (χ0) is 14.9. The molecule has 1 fully saturated rings. The summed E-state index contributed by atoms with van der Waals surface area (Å²) in [6.45, 7) is 1.72. The summed E-state index contributed by atoms with van der Waals surface area (Å²) in [4.78, 5) is 0. The van der Waals surface area contributed by atoms with Crippen LogP contribution in [0.5, 0.6) is 5.75 Å². The molecule has 0 unspecified atom stereocenters. The average molecular weight is 350 g/mol. The monoisotopic (exact) mass is 349 g/mol. The summed E-state index contributed by atoms with van der Waals surface area (Å²) in [7, 11) is 1.50. The Labute approximate surface area is 132 Å². The molecule has 0 saturated carbocycles. The van der Waals surface area contributed by atoms with Gasteiger partial charge in [0.15, 0.2) is 11.6 Å². The summed E-state index contributed by atoms with van der Waals surface area (Å²) in [5.41, 5.74) is 1.89. The van der Waals surface area contributed by atoms with E-state index in [1.165, 1.54) is 12.7 Å². The normalized spacial score (nSPS) is 16.3. The minimum atomic E-state index is -0.249. The number of halogens is 2. The number of hydrogen-bond donors (Lipinski definition) is 1. The van der Waals surface area contributed by atoms with Crippen molar-refractivity contribution < 1.29 is 9.13 Å². The van der Waals surface area contributed by atoms with Crippen LogP contribution in [0.25, 0.3) is 0 Å². The van der Waals surface area contributed by atoms with Gasteiger partial charge in [-0.2, -0.15) is 0 Å². The fraction of sp³-hybridized carbons (Fsp3) is 0.294. The van der Waals surface area contributed by atoms with Crippen molar-refractivity contribution in [2.75, 3.05) is 20.2 Å². The predicted octanol–water partition coefficient (Wildman–Crippen LogP) is 3.68. The minimum Gasteiger partial charge on any atom is -0.494 e. The molecule has 2 nitrogen and oxygen atoms in total. The van der Waals surface area contributed by atoms with E-state index in [1.807, 2.05) is 24.3 Å². The van der Waals surface area contributed by atoms with Crippen LogP contribution in [-0.2, 0) is 11.8 Å². The van der Waals surface area contributed by atoms with E-state index in [1.54, 1.807) is 6.07 Å². The predicted molar refractivity (Wildman–Crippen MR) is 85.3 cm³/mol. The Kier molecular flexibility index (Phi) is 4.00. The van der Waals surface area contributed by atoms with Crippen LogP contribution in [0.4, 0.5) is 4.39 Å². The van der Waals surface area contributed by atoms with Crippen molar-refractivity contribution in [3.63, 3.8) is 0 Å². The van der Waals surface area contributed by atoms with E-state index in [4.69, 9.17) is 4.74 Å². The third-order valence-corrected chi connectivity index (χ3v) is 4.65. The first-order valence-electron chi connectivity index (χ1n) is 6.93. The maximum atomic E-state index is 14.4. The smallest absolute Gasteiger partial charge is 0.168 e. The molecular formula is C17H17BrFNO. The van der Waals surface area contributed by atoms with Crippen LogP contribution in [-0.4, -0.2) is 20.2 Å². The molecule has 0 aliphatic carbocycles. The molecule has 110 valence electrons. The van der Waals surface area contributed by atoms with Gasteiger partial charge < -0.3 is 10.1 Å². The van der Waals surface area contributed by atoms with E-state index in [-0.39, 0.29) is 11.2 Å². The molecule has 21 heavy (non-hydrogen) atoms. The minimum absolute atomic E-state index is 0.0447. The standard InChI is InChI=1S/C17H17BrFNO/c1-21-15-7-2-4-12(16(15)19)9-17(10-20-11-17)13-5-3-6-14(18)8-13/h2-8,20H,9-11H2,1H3. The van der Waals surface area contributed by atoms with Gasteiger partial charge in [-0.15, -0.1) is 0 Å². The summed E-state index contributed by atoms with van der Waals surface area (Å²) in [6.07, 6.45) is 0.666. The van der Waals surface area contributed by atoms with Gasteiger partial charge in [0, 0.05) is 23.0 Å². The third-order valence-electron chi connectivity index (χ3n) is 4.16. The van der Waals surface area contributed by atoms with Gasteiger partial charge in [-0.3, -0.25) is 0 Å². The molecule has 1 aliphatic rings. The summed E-state index contributed by atoms with van der Waals surface area (Å²) >= 11 is 3.52. The Balaban J connectivity index is 1.95. The second-order valence-electron chi connectivity index (χ2n) is 5.50. The molecule has 1 saturated heterocycles. The van der Waals surface area contributed by atoms with E-state index in [9.17, 15) is 4.39 Å². The molecule has 0 radical (unpaired) electrons. The third kappa shape index (κ3) is 2.70. The molecular weight excluding hydrogens is 333 g/mol. The molecule has 0 aromatic heterocycles. The fourth-order valence-corrected chi connectivity index (χ4v) is 3.29. The SMILES string of the molecule is COc1cccc(CC2(c3cccc(Br)c3)CNC2)c1F. The maximum absolute atomic E-state index is 14.4. The van der Waals surface area contributed by atoms with Gasteiger partial charge in [0.05, 0.1) is 7.11 Å². The first-order valence-corrected chi connectivity index (χ1v) is 7.72. The lowest BCUT2D eigenvalue weighted by molar-refractivity contribution is 0.270. The van der Waals surface area contributed by atoms with Crippen LogP contribution < -0.4 is 10.1 Å². The molecule has 2 aromatic rings. The molecule has 4 heteroatoms. The van der Waals surface area contributed by atoms with Crippen molar-refractivity contribution in [3.8, 4) is 5.75 Å². The van der Waals surface area contributed by atoms with Crippen molar-refractivity contribution in [2.24, 2.45) is 0 Å². The zero-order valence-electron chi connectivity index (χ0n) is 11.8. The van der Waals surface area contributed by atoms with Crippen LogP contribution in [0.1, 0.15) is 11.1 Å². The van der Waals surface area contributed by atoms with Crippen LogP contribution in [0, 0.1) is 5.82 Å². The number of nitrogens with one attached hydrogen (secondary N) is 1. The largest absolute Gasteiger partial charge is 0.494 e. The zero-order valence-corrected chi connectivity index (χ0v) is 13.4. The topological polar surface area (TPSA) is 21.3 Å². The van der Waals surface area contributed by atoms with Crippen LogP contribution in [0.15, 0.2) is 46.9 Å². The quantitative estimate of drug-likeness (QED) is 0.908. The first kappa shape index (κ1) is 14.5. The average Bonchev–Trinajstić information content (AvgIpc) is 2.44. The molecule has 0 bridgehead atoms. The molecule has 0 amide bonds. The molecule has 1 heterocycles.